The van der Waals surface area contributed by atoms with Gasteiger partial charge in [0.1, 0.15) is 0 Å². The van der Waals surface area contributed by atoms with Crippen molar-refractivity contribution in [2.45, 2.75) is 37.8 Å². The third-order valence-electron chi connectivity index (χ3n) is 7.97. The molecule has 1 aliphatic heterocycles. The Morgan fingerprint density at radius 2 is 1.73 bits per heavy atom. The fourth-order valence-electron chi connectivity index (χ4n) is 5.57. The molecule has 2 aromatic rings. The Hall–Kier alpha value is -2.74. The fraction of sp³-hybridized carbons (Fsp3) is 0.500. The molecule has 0 N–H and O–H groups in total. The summed E-state index contributed by atoms with van der Waals surface area (Å²) >= 11 is 6.39. The molecule has 0 aromatic heterocycles. The van der Waals surface area contributed by atoms with Crippen molar-refractivity contribution in [3.8, 4) is 0 Å². The zero-order chi connectivity index (χ0) is 27.0. The number of likely N-dealkylation sites (N-methyl/N-ethyl adjacent to an activating group) is 1. The van der Waals surface area contributed by atoms with Gasteiger partial charge in [0, 0.05) is 46.5 Å². The summed E-state index contributed by atoms with van der Waals surface area (Å²) < 4.78 is 41.2. The molecule has 2 aliphatic rings. The van der Waals surface area contributed by atoms with Crippen LogP contribution in [0.3, 0.4) is 0 Å². The number of alkyl halides is 3. The maximum absolute atomic E-state index is 13.7. The van der Waals surface area contributed by atoms with Crippen LogP contribution in [0.4, 0.5) is 18.9 Å². The molecule has 1 saturated heterocycles. The number of hydrogen-bond acceptors (Lipinski definition) is 3. The Morgan fingerprint density at radius 1 is 1.08 bits per heavy atom. The van der Waals surface area contributed by atoms with Gasteiger partial charge in [-0.05, 0) is 60.8 Å². The van der Waals surface area contributed by atoms with Gasteiger partial charge in [0.15, 0.2) is 5.92 Å². The van der Waals surface area contributed by atoms with E-state index >= 15 is 0 Å². The number of nitrogens with zero attached hydrogens (tertiary/aromatic N) is 3. The molecule has 2 unspecified atom stereocenters. The Morgan fingerprint density at radius 3 is 2.30 bits per heavy atom. The van der Waals surface area contributed by atoms with Gasteiger partial charge in [-0.2, -0.15) is 13.2 Å². The van der Waals surface area contributed by atoms with Crippen molar-refractivity contribution in [2.75, 3.05) is 45.7 Å². The first-order valence-corrected chi connectivity index (χ1v) is 12.9. The Kier molecular flexibility index (Phi) is 7.79. The van der Waals surface area contributed by atoms with Crippen LogP contribution in [-0.2, 0) is 4.79 Å². The number of carbonyl (C=O) groups excluding carboxylic acids is 2. The molecule has 0 radical (unpaired) electrons. The molecule has 1 spiro atoms. The van der Waals surface area contributed by atoms with Crippen molar-refractivity contribution < 1.29 is 22.8 Å². The average molecular weight is 536 g/mol. The first-order chi connectivity index (χ1) is 17.4. The van der Waals surface area contributed by atoms with E-state index in [-0.39, 0.29) is 16.9 Å². The van der Waals surface area contributed by atoms with Crippen molar-refractivity contribution in [1.29, 1.82) is 0 Å². The van der Waals surface area contributed by atoms with Crippen molar-refractivity contribution >= 4 is 29.1 Å². The summed E-state index contributed by atoms with van der Waals surface area (Å²) in [6.07, 6.45) is -0.918. The first-order valence-electron chi connectivity index (χ1n) is 12.6. The minimum Gasteiger partial charge on any atom is -0.371 e. The molecule has 1 saturated carbocycles. The van der Waals surface area contributed by atoms with Crippen molar-refractivity contribution in [1.82, 2.24) is 9.80 Å². The van der Waals surface area contributed by atoms with Gasteiger partial charge in [0.25, 0.3) is 5.91 Å². The monoisotopic (exact) mass is 535 g/mol. The second-order valence-electron chi connectivity index (χ2n) is 10.5. The quantitative estimate of drug-likeness (QED) is 0.447. The van der Waals surface area contributed by atoms with Crippen LogP contribution < -0.4 is 4.90 Å². The van der Waals surface area contributed by atoms with Gasteiger partial charge in [0.2, 0.25) is 5.91 Å². The lowest BCUT2D eigenvalue weighted by atomic mass is 9.89. The minimum atomic E-state index is -4.64. The highest BCUT2D eigenvalue weighted by Crippen LogP contribution is 2.61. The highest BCUT2D eigenvalue weighted by Gasteiger charge is 2.54. The number of benzene rings is 2. The van der Waals surface area contributed by atoms with Crippen molar-refractivity contribution in [3.05, 3.63) is 64.7 Å². The number of amides is 2. The first kappa shape index (κ1) is 27.3. The van der Waals surface area contributed by atoms with E-state index in [1.807, 2.05) is 12.1 Å². The van der Waals surface area contributed by atoms with Gasteiger partial charge in [-0.3, -0.25) is 9.59 Å². The van der Waals surface area contributed by atoms with Gasteiger partial charge in [0.05, 0.1) is 10.6 Å². The third kappa shape index (κ3) is 5.89. The maximum atomic E-state index is 13.7. The maximum Gasteiger partial charge on any atom is 0.404 e. The molecular formula is C28H33ClF3N3O2. The van der Waals surface area contributed by atoms with Crippen LogP contribution in [-0.4, -0.2) is 68.6 Å². The van der Waals surface area contributed by atoms with Crippen LogP contribution in [0, 0.1) is 11.3 Å². The topological polar surface area (TPSA) is 43.9 Å². The van der Waals surface area contributed by atoms with Crippen LogP contribution in [0.5, 0.6) is 0 Å². The van der Waals surface area contributed by atoms with Crippen LogP contribution in [0.1, 0.15) is 47.5 Å². The van der Waals surface area contributed by atoms with E-state index in [2.05, 4.69) is 4.90 Å². The standard InChI is InChI=1S/C28H33ClF3N3O2/c1-33(2)25(36)22-10-9-21(17-23(22)29)35-15-12-27(13-16-35)18-20(27)11-14-34(3)26(37)24(28(30,31)32)19-7-5-4-6-8-19/h4-10,17,20,24H,11-16,18H2,1-3H3. The summed E-state index contributed by atoms with van der Waals surface area (Å²) in [5.41, 5.74) is 1.64. The molecular weight excluding hydrogens is 503 g/mol. The number of piperidine rings is 1. The van der Waals surface area contributed by atoms with Gasteiger partial charge >= 0.3 is 6.18 Å². The number of rotatable bonds is 7. The largest absolute Gasteiger partial charge is 0.404 e. The van der Waals surface area contributed by atoms with Crippen LogP contribution in [0.15, 0.2) is 48.5 Å². The molecule has 200 valence electrons. The van der Waals surface area contributed by atoms with E-state index in [4.69, 9.17) is 11.6 Å². The lowest BCUT2D eigenvalue weighted by Gasteiger charge is -2.35. The molecule has 2 fully saturated rings. The summed E-state index contributed by atoms with van der Waals surface area (Å²) in [4.78, 5) is 30.0. The minimum absolute atomic E-state index is 0.0265. The van der Waals surface area contributed by atoms with Crippen LogP contribution in [0.25, 0.3) is 0 Å². The van der Waals surface area contributed by atoms with E-state index < -0.39 is 18.0 Å². The Labute approximate surface area is 221 Å². The molecule has 2 aromatic carbocycles. The Bertz CT molecular complexity index is 1130. The summed E-state index contributed by atoms with van der Waals surface area (Å²) in [7, 11) is 4.85. The van der Waals surface area contributed by atoms with E-state index in [9.17, 15) is 22.8 Å². The predicted molar refractivity (Wildman–Crippen MR) is 139 cm³/mol. The highest BCUT2D eigenvalue weighted by atomic mass is 35.5. The second-order valence-corrected chi connectivity index (χ2v) is 11.0. The Balaban J connectivity index is 1.30. The zero-order valence-corrected chi connectivity index (χ0v) is 22.1. The van der Waals surface area contributed by atoms with Gasteiger partial charge in [-0.15, -0.1) is 0 Å². The molecule has 5 nitrogen and oxygen atoms in total. The van der Waals surface area contributed by atoms with Crippen molar-refractivity contribution in [2.24, 2.45) is 11.3 Å². The van der Waals surface area contributed by atoms with E-state index in [1.54, 1.807) is 26.2 Å². The average Bonchev–Trinajstić information content (AvgIpc) is 3.53. The van der Waals surface area contributed by atoms with Gasteiger partial charge in [-0.1, -0.05) is 41.9 Å². The van der Waals surface area contributed by atoms with E-state index in [0.29, 0.717) is 29.5 Å². The summed E-state index contributed by atoms with van der Waals surface area (Å²) in [6, 6.07) is 12.9. The number of hydrogen-bond donors (Lipinski definition) is 0. The molecule has 2 atom stereocenters. The summed E-state index contributed by atoms with van der Waals surface area (Å²) in [5, 5.41) is 0.432. The predicted octanol–water partition coefficient (Wildman–Crippen LogP) is 5.84. The van der Waals surface area contributed by atoms with Crippen LogP contribution in [0.2, 0.25) is 5.02 Å². The summed E-state index contributed by atoms with van der Waals surface area (Å²) in [5.74, 6) is -2.77. The fourth-order valence-corrected chi connectivity index (χ4v) is 5.83. The molecule has 37 heavy (non-hydrogen) atoms. The van der Waals surface area contributed by atoms with E-state index in [0.717, 1.165) is 38.0 Å². The van der Waals surface area contributed by atoms with Gasteiger partial charge in [-0.25, -0.2) is 0 Å². The van der Waals surface area contributed by atoms with E-state index in [1.165, 1.54) is 41.1 Å². The molecule has 9 heteroatoms. The van der Waals surface area contributed by atoms with Gasteiger partial charge < -0.3 is 14.7 Å². The number of carbonyl (C=O) groups is 2. The SMILES string of the molecule is CN(C)C(=O)c1ccc(N2CCC3(CC2)CC3CCN(C)C(=O)C(c2ccccc2)C(F)(F)F)cc1Cl. The molecule has 0 bridgehead atoms. The molecule has 4 rings (SSSR count). The summed E-state index contributed by atoms with van der Waals surface area (Å²) in [6.45, 7) is 2.02. The lowest BCUT2D eigenvalue weighted by molar-refractivity contribution is -0.171. The second kappa shape index (κ2) is 10.6. The molecule has 2 amide bonds. The number of anilines is 1. The molecule has 1 aliphatic carbocycles. The zero-order valence-electron chi connectivity index (χ0n) is 21.4. The third-order valence-corrected chi connectivity index (χ3v) is 8.28. The van der Waals surface area contributed by atoms with Crippen molar-refractivity contribution in [3.63, 3.8) is 0 Å². The lowest BCUT2D eigenvalue weighted by Crippen LogP contribution is -2.39. The highest BCUT2D eigenvalue weighted by molar-refractivity contribution is 6.34. The molecule has 1 heterocycles. The van der Waals surface area contributed by atoms with Crippen LogP contribution >= 0.6 is 11.6 Å². The smallest absolute Gasteiger partial charge is 0.371 e. The normalized spacial score (nSPS) is 19.4. The number of halogens is 4.